The molecule has 0 aliphatic heterocycles. The Kier molecular flexibility index (Phi) is 5.32. The molecule has 1 aromatic carbocycles. The lowest BCUT2D eigenvalue weighted by molar-refractivity contribution is 0.0939. The van der Waals surface area contributed by atoms with Crippen LogP contribution in [-0.4, -0.2) is 27.5 Å². The number of amides is 1. The summed E-state index contributed by atoms with van der Waals surface area (Å²) in [5.74, 6) is -0.138. The summed E-state index contributed by atoms with van der Waals surface area (Å²) in [6.07, 6.45) is 2.49. The van der Waals surface area contributed by atoms with Gasteiger partial charge in [0, 0.05) is 31.1 Å². The van der Waals surface area contributed by atoms with Crippen molar-refractivity contribution in [1.82, 2.24) is 15.1 Å². The average Bonchev–Trinajstić information content (AvgIpc) is 3.24. The van der Waals surface area contributed by atoms with Gasteiger partial charge in [-0.3, -0.25) is 14.3 Å². The van der Waals surface area contributed by atoms with E-state index in [4.69, 9.17) is 0 Å². The van der Waals surface area contributed by atoms with E-state index in [1.807, 2.05) is 24.4 Å². The topological polar surface area (TPSA) is 64.0 Å². The molecule has 0 aliphatic rings. The van der Waals surface area contributed by atoms with Crippen molar-refractivity contribution in [2.45, 2.75) is 26.3 Å². The molecule has 1 N–H and O–H groups in total. The van der Waals surface area contributed by atoms with Gasteiger partial charge in [-0.15, -0.1) is 0 Å². The quantitative estimate of drug-likeness (QED) is 0.676. The number of hydrogen-bond donors (Lipinski definition) is 1. The first kappa shape index (κ1) is 18.1. The average molecular weight is 367 g/mol. The lowest BCUT2D eigenvalue weighted by Gasteiger charge is -2.13. The molecule has 134 valence electrons. The number of ketones is 1. The third-order valence-corrected chi connectivity index (χ3v) is 4.96. The van der Waals surface area contributed by atoms with Gasteiger partial charge in [0.25, 0.3) is 5.91 Å². The molecule has 3 aromatic rings. The van der Waals surface area contributed by atoms with Crippen molar-refractivity contribution in [3.63, 3.8) is 0 Å². The van der Waals surface area contributed by atoms with Gasteiger partial charge in [-0.25, -0.2) is 0 Å². The zero-order chi connectivity index (χ0) is 18.7. The van der Waals surface area contributed by atoms with E-state index in [0.29, 0.717) is 11.3 Å². The van der Waals surface area contributed by atoms with Crippen molar-refractivity contribution >= 4 is 23.0 Å². The van der Waals surface area contributed by atoms with Crippen LogP contribution in [0.25, 0.3) is 11.1 Å². The summed E-state index contributed by atoms with van der Waals surface area (Å²) >= 11 is 1.66. The number of nitrogens with one attached hydrogen (secondary N) is 1. The number of thiophene rings is 1. The standard InChI is InChI=1S/C20H21N3O2S/c1-13(10-15-8-9-26-12-15)22-20(25)17-6-4-16(5-7-17)18-11-21-23(3)19(18)14(2)24/h4-9,11-13H,10H2,1-3H3,(H,22,25)/t13-/m0/s1. The second-order valence-corrected chi connectivity index (χ2v) is 7.15. The molecule has 26 heavy (non-hydrogen) atoms. The Bertz CT molecular complexity index is 911. The van der Waals surface area contributed by atoms with Crippen molar-refractivity contribution in [3.05, 3.63) is 64.1 Å². The minimum atomic E-state index is -0.0998. The summed E-state index contributed by atoms with van der Waals surface area (Å²) < 4.78 is 1.57. The maximum atomic E-state index is 12.4. The number of Topliss-reactive ketones (excluding diaryl/α,β-unsaturated/α-hetero) is 1. The zero-order valence-corrected chi connectivity index (χ0v) is 15.8. The lowest BCUT2D eigenvalue weighted by atomic mass is 10.0. The Morgan fingerprint density at radius 3 is 2.58 bits per heavy atom. The van der Waals surface area contributed by atoms with Crippen LogP contribution in [0.15, 0.2) is 47.3 Å². The molecule has 0 aliphatic carbocycles. The first-order valence-corrected chi connectivity index (χ1v) is 9.35. The van der Waals surface area contributed by atoms with E-state index < -0.39 is 0 Å². The zero-order valence-electron chi connectivity index (χ0n) is 15.0. The monoisotopic (exact) mass is 367 g/mol. The number of rotatable bonds is 6. The Balaban J connectivity index is 1.71. The maximum absolute atomic E-state index is 12.4. The number of carbonyl (C=O) groups excluding carboxylic acids is 2. The van der Waals surface area contributed by atoms with Crippen LogP contribution in [0.1, 0.15) is 40.3 Å². The van der Waals surface area contributed by atoms with Crippen LogP contribution in [0, 0.1) is 0 Å². The summed E-state index contributed by atoms with van der Waals surface area (Å²) in [7, 11) is 1.75. The van der Waals surface area contributed by atoms with Gasteiger partial charge in [-0.05, 0) is 53.4 Å². The third-order valence-electron chi connectivity index (χ3n) is 4.23. The summed E-state index contributed by atoms with van der Waals surface area (Å²) in [5, 5.41) is 11.3. The fourth-order valence-electron chi connectivity index (χ4n) is 2.99. The molecule has 0 radical (unpaired) electrons. The van der Waals surface area contributed by atoms with E-state index in [1.54, 1.807) is 41.4 Å². The molecule has 6 heteroatoms. The maximum Gasteiger partial charge on any atom is 0.251 e. The Morgan fingerprint density at radius 1 is 1.23 bits per heavy atom. The van der Waals surface area contributed by atoms with Crippen LogP contribution in [0.2, 0.25) is 0 Å². The molecule has 0 saturated heterocycles. The second kappa shape index (κ2) is 7.66. The minimum absolute atomic E-state index is 0.0379. The molecular weight excluding hydrogens is 346 g/mol. The summed E-state index contributed by atoms with van der Waals surface area (Å²) in [6, 6.07) is 9.38. The van der Waals surface area contributed by atoms with Gasteiger partial charge in [-0.1, -0.05) is 12.1 Å². The van der Waals surface area contributed by atoms with Crippen molar-refractivity contribution in [3.8, 4) is 11.1 Å². The van der Waals surface area contributed by atoms with Gasteiger partial charge in [-0.2, -0.15) is 16.4 Å². The van der Waals surface area contributed by atoms with Crippen molar-refractivity contribution in [2.75, 3.05) is 0 Å². The molecule has 0 spiro atoms. The van der Waals surface area contributed by atoms with Crippen molar-refractivity contribution in [2.24, 2.45) is 7.05 Å². The highest BCUT2D eigenvalue weighted by Crippen LogP contribution is 2.24. The summed E-state index contributed by atoms with van der Waals surface area (Å²) in [6.45, 7) is 3.52. The van der Waals surface area contributed by atoms with Crippen molar-refractivity contribution < 1.29 is 9.59 Å². The van der Waals surface area contributed by atoms with Crippen LogP contribution in [-0.2, 0) is 13.5 Å². The molecule has 1 amide bonds. The molecular formula is C20H21N3O2S. The van der Waals surface area contributed by atoms with Crippen LogP contribution in [0.3, 0.4) is 0 Å². The van der Waals surface area contributed by atoms with Crippen LogP contribution >= 0.6 is 11.3 Å². The van der Waals surface area contributed by atoms with E-state index >= 15 is 0 Å². The van der Waals surface area contributed by atoms with E-state index in [9.17, 15) is 9.59 Å². The fraction of sp³-hybridized carbons (Fsp3) is 0.250. The summed E-state index contributed by atoms with van der Waals surface area (Å²) in [4.78, 5) is 24.3. The first-order chi connectivity index (χ1) is 12.5. The Labute approximate surface area is 156 Å². The largest absolute Gasteiger partial charge is 0.349 e. The minimum Gasteiger partial charge on any atom is -0.349 e. The van der Waals surface area contributed by atoms with Gasteiger partial charge in [0.05, 0.1) is 6.20 Å². The molecule has 1 atom stereocenters. The van der Waals surface area contributed by atoms with E-state index in [0.717, 1.165) is 17.5 Å². The number of aryl methyl sites for hydroxylation is 1. The highest BCUT2D eigenvalue weighted by molar-refractivity contribution is 7.07. The summed E-state index contributed by atoms with van der Waals surface area (Å²) in [5.41, 5.74) is 4.03. The number of nitrogens with zero attached hydrogens (tertiary/aromatic N) is 2. The molecule has 0 bridgehead atoms. The third kappa shape index (κ3) is 3.91. The highest BCUT2D eigenvalue weighted by Gasteiger charge is 2.16. The molecule has 5 nitrogen and oxygen atoms in total. The fourth-order valence-corrected chi connectivity index (χ4v) is 3.67. The highest BCUT2D eigenvalue weighted by atomic mass is 32.1. The Hall–Kier alpha value is -2.73. The van der Waals surface area contributed by atoms with E-state index in [1.165, 1.54) is 12.5 Å². The molecule has 2 heterocycles. The van der Waals surface area contributed by atoms with Gasteiger partial charge in [0.1, 0.15) is 5.69 Å². The smallest absolute Gasteiger partial charge is 0.251 e. The molecule has 3 rings (SSSR count). The number of aromatic nitrogens is 2. The first-order valence-electron chi connectivity index (χ1n) is 8.41. The van der Waals surface area contributed by atoms with E-state index in [2.05, 4.69) is 21.9 Å². The Morgan fingerprint density at radius 2 is 1.96 bits per heavy atom. The predicted octanol–water partition coefficient (Wildman–Crippen LogP) is 3.71. The van der Waals surface area contributed by atoms with Crippen LogP contribution in [0.5, 0.6) is 0 Å². The lowest BCUT2D eigenvalue weighted by Crippen LogP contribution is -2.33. The predicted molar refractivity (Wildman–Crippen MR) is 104 cm³/mol. The number of hydrogen-bond acceptors (Lipinski definition) is 4. The number of benzene rings is 1. The SMILES string of the molecule is CC(=O)c1c(-c2ccc(C(=O)N[C@@H](C)Cc3ccsc3)cc2)cnn1C. The normalized spacial score (nSPS) is 12.0. The second-order valence-electron chi connectivity index (χ2n) is 6.37. The van der Waals surface area contributed by atoms with E-state index in [-0.39, 0.29) is 17.7 Å². The molecule has 0 unspecified atom stereocenters. The molecule has 0 fully saturated rings. The van der Waals surface area contributed by atoms with Crippen LogP contribution in [0.4, 0.5) is 0 Å². The molecule has 2 aromatic heterocycles. The molecule has 0 saturated carbocycles. The van der Waals surface area contributed by atoms with Gasteiger partial charge in [0.2, 0.25) is 0 Å². The van der Waals surface area contributed by atoms with Gasteiger partial charge in [0.15, 0.2) is 5.78 Å². The van der Waals surface area contributed by atoms with Gasteiger partial charge >= 0.3 is 0 Å². The van der Waals surface area contributed by atoms with Crippen LogP contribution < -0.4 is 5.32 Å². The van der Waals surface area contributed by atoms with Gasteiger partial charge < -0.3 is 5.32 Å². The van der Waals surface area contributed by atoms with Crippen molar-refractivity contribution in [1.29, 1.82) is 0 Å². The number of carbonyl (C=O) groups is 2.